The topological polar surface area (TPSA) is 55.1 Å². The first-order valence-electron chi connectivity index (χ1n) is 13.9. The molecule has 1 N–H and O–H groups in total. The maximum Gasteiger partial charge on any atom is 0.416 e. The van der Waals surface area contributed by atoms with Crippen molar-refractivity contribution in [2.24, 2.45) is 11.8 Å². The fourth-order valence-electron chi connectivity index (χ4n) is 4.68. The Morgan fingerprint density at radius 3 is 2.27 bits per heavy atom. The van der Waals surface area contributed by atoms with Crippen LogP contribution in [0.4, 0.5) is 13.2 Å². The molecule has 0 aliphatic heterocycles. The van der Waals surface area contributed by atoms with Crippen molar-refractivity contribution in [2.75, 3.05) is 6.61 Å². The Labute approximate surface area is 220 Å². The van der Waals surface area contributed by atoms with Crippen molar-refractivity contribution >= 4 is 5.78 Å². The van der Waals surface area contributed by atoms with Gasteiger partial charge in [0.15, 0.2) is 5.78 Å². The van der Waals surface area contributed by atoms with Gasteiger partial charge in [-0.15, -0.1) is 0 Å². The van der Waals surface area contributed by atoms with Gasteiger partial charge in [-0.1, -0.05) is 71.8 Å². The highest BCUT2D eigenvalue weighted by atomic mass is 19.4. The van der Waals surface area contributed by atoms with Gasteiger partial charge in [-0.3, -0.25) is 4.79 Å². The molecule has 208 valence electrons. The van der Waals surface area contributed by atoms with Crippen LogP contribution < -0.4 is 0 Å². The van der Waals surface area contributed by atoms with E-state index >= 15 is 0 Å². The number of benzene rings is 1. The summed E-state index contributed by atoms with van der Waals surface area (Å²) in [5, 5.41) is 12.9. The molecule has 0 saturated heterocycles. The summed E-state index contributed by atoms with van der Waals surface area (Å²) < 4.78 is 40.2. The summed E-state index contributed by atoms with van der Waals surface area (Å²) in [4.78, 5) is 11.9. The second kappa shape index (κ2) is 14.7. The molecule has 4 nitrogen and oxygen atoms in total. The molecule has 37 heavy (non-hydrogen) atoms. The molecule has 0 radical (unpaired) electrons. The van der Waals surface area contributed by atoms with Crippen LogP contribution in [0.2, 0.25) is 0 Å². The number of carbonyl (C=O) groups excluding carboxylic acids is 1. The number of aliphatic hydroxyl groups is 1. The van der Waals surface area contributed by atoms with E-state index < -0.39 is 11.7 Å². The monoisotopic (exact) mass is 522 g/mol. The van der Waals surface area contributed by atoms with Crippen molar-refractivity contribution in [2.45, 2.75) is 111 Å². The van der Waals surface area contributed by atoms with Crippen molar-refractivity contribution in [3.8, 4) is 5.69 Å². The summed E-state index contributed by atoms with van der Waals surface area (Å²) in [6.45, 7) is 10.1. The first kappa shape index (κ1) is 31.1. The van der Waals surface area contributed by atoms with Gasteiger partial charge in [0.1, 0.15) is 0 Å². The summed E-state index contributed by atoms with van der Waals surface area (Å²) >= 11 is 0. The first-order chi connectivity index (χ1) is 17.5. The lowest BCUT2D eigenvalue weighted by molar-refractivity contribution is -0.137. The lowest BCUT2D eigenvalue weighted by atomic mass is 9.91. The van der Waals surface area contributed by atoms with Crippen LogP contribution in [0, 0.1) is 18.8 Å². The van der Waals surface area contributed by atoms with Crippen LogP contribution in [0.3, 0.4) is 0 Å². The number of hydrogen-bond acceptors (Lipinski definition) is 3. The van der Waals surface area contributed by atoms with Crippen molar-refractivity contribution < 1.29 is 23.1 Å². The van der Waals surface area contributed by atoms with Crippen LogP contribution in [0.25, 0.3) is 5.69 Å². The van der Waals surface area contributed by atoms with E-state index in [1.807, 2.05) is 0 Å². The SMILES string of the molecule is CC(=O)c1c(C)nn(-c2cccc(C(F)(F)F)c2)c1C1CC1.CC1CCCCC1.CCCC[C@H](C)CO. The van der Waals surface area contributed by atoms with Gasteiger partial charge in [-0.05, 0) is 63.1 Å². The first-order valence-corrected chi connectivity index (χ1v) is 13.9. The van der Waals surface area contributed by atoms with Crippen LogP contribution in [0.15, 0.2) is 24.3 Å². The van der Waals surface area contributed by atoms with Gasteiger partial charge in [0.2, 0.25) is 0 Å². The minimum atomic E-state index is -4.40. The molecule has 1 atom stereocenters. The predicted octanol–water partition coefficient (Wildman–Crippen LogP) is 8.67. The third-order valence-electron chi connectivity index (χ3n) is 7.09. The number of rotatable bonds is 7. The van der Waals surface area contributed by atoms with Gasteiger partial charge in [-0.25, -0.2) is 4.68 Å². The molecule has 2 aliphatic rings. The smallest absolute Gasteiger partial charge is 0.396 e. The quantitative estimate of drug-likeness (QED) is 0.370. The predicted molar refractivity (Wildman–Crippen MR) is 143 cm³/mol. The van der Waals surface area contributed by atoms with Gasteiger partial charge >= 0.3 is 6.18 Å². The second-order valence-electron chi connectivity index (χ2n) is 10.8. The molecule has 2 saturated carbocycles. The van der Waals surface area contributed by atoms with Crippen LogP contribution in [-0.4, -0.2) is 27.3 Å². The van der Waals surface area contributed by atoms with E-state index in [4.69, 9.17) is 5.11 Å². The zero-order valence-corrected chi connectivity index (χ0v) is 23.2. The number of unbranched alkanes of at least 4 members (excludes halogenated alkanes) is 1. The van der Waals surface area contributed by atoms with E-state index in [0.717, 1.165) is 36.6 Å². The largest absolute Gasteiger partial charge is 0.416 e. The standard InChI is InChI=1S/C16H15F3N2O.C7H16O.C7H14/c1-9-14(10(2)22)15(11-6-7-11)21(20-9)13-5-3-4-12(8-13)16(17,18)19;1-3-4-5-7(2)6-8;1-7-5-3-2-4-6-7/h3-5,8,11H,6-7H2,1-2H3;7-8H,3-6H2,1-2H3;7H,2-6H2,1H3/t;7-;/m.0./s1. The molecule has 1 aromatic carbocycles. The van der Waals surface area contributed by atoms with Crippen LogP contribution >= 0.6 is 0 Å². The molecule has 0 bridgehead atoms. The molecule has 2 aliphatic carbocycles. The van der Waals surface area contributed by atoms with Crippen molar-refractivity contribution in [3.63, 3.8) is 0 Å². The maximum atomic E-state index is 12.9. The molecule has 7 heteroatoms. The number of nitrogens with zero attached hydrogens (tertiary/aromatic N) is 2. The highest BCUT2D eigenvalue weighted by molar-refractivity contribution is 5.96. The molecular formula is C30H45F3N2O2. The lowest BCUT2D eigenvalue weighted by Crippen LogP contribution is -2.08. The summed E-state index contributed by atoms with van der Waals surface area (Å²) in [6.07, 6.45) is 8.57. The fraction of sp³-hybridized carbons (Fsp3) is 0.667. The Balaban J connectivity index is 0.000000263. The van der Waals surface area contributed by atoms with Crippen molar-refractivity contribution in [1.82, 2.24) is 9.78 Å². The van der Waals surface area contributed by atoms with Crippen molar-refractivity contribution in [1.29, 1.82) is 0 Å². The summed E-state index contributed by atoms with van der Waals surface area (Å²) in [6, 6.07) is 5.04. The number of aliphatic hydroxyl groups excluding tert-OH is 1. The number of alkyl halides is 3. The minimum absolute atomic E-state index is 0.0994. The van der Waals surface area contributed by atoms with E-state index in [1.54, 1.807) is 13.0 Å². The van der Waals surface area contributed by atoms with Crippen molar-refractivity contribution in [3.05, 3.63) is 46.8 Å². The number of carbonyl (C=O) groups is 1. The van der Waals surface area contributed by atoms with E-state index in [-0.39, 0.29) is 11.7 Å². The lowest BCUT2D eigenvalue weighted by Gasteiger charge is -2.15. The van der Waals surface area contributed by atoms with Gasteiger partial charge in [-0.2, -0.15) is 18.3 Å². The maximum absolute atomic E-state index is 12.9. The van der Waals surface area contributed by atoms with Gasteiger partial charge in [0, 0.05) is 12.5 Å². The molecule has 2 aromatic rings. The molecule has 0 spiro atoms. The van der Waals surface area contributed by atoms with Gasteiger partial charge < -0.3 is 5.11 Å². The van der Waals surface area contributed by atoms with E-state index in [2.05, 4.69) is 25.9 Å². The summed E-state index contributed by atoms with van der Waals surface area (Å²) in [5.41, 5.74) is 1.47. The average molecular weight is 523 g/mol. The normalized spacial score (nSPS) is 16.8. The number of aryl methyl sites for hydroxylation is 1. The zero-order chi connectivity index (χ0) is 27.6. The highest BCUT2D eigenvalue weighted by Crippen LogP contribution is 2.43. The Morgan fingerprint density at radius 2 is 1.81 bits per heavy atom. The molecular weight excluding hydrogens is 477 g/mol. The molecule has 4 rings (SSSR count). The third-order valence-corrected chi connectivity index (χ3v) is 7.09. The number of hydrogen-bond donors (Lipinski definition) is 1. The third kappa shape index (κ3) is 9.91. The number of aromatic nitrogens is 2. The van der Waals surface area contributed by atoms with Crippen LogP contribution in [-0.2, 0) is 6.18 Å². The summed E-state index contributed by atoms with van der Waals surface area (Å²) in [5.74, 6) is 1.65. The Hall–Kier alpha value is -2.15. The molecule has 0 amide bonds. The second-order valence-corrected chi connectivity index (χ2v) is 10.8. The molecule has 1 heterocycles. The average Bonchev–Trinajstić information content (AvgIpc) is 3.64. The summed E-state index contributed by atoms with van der Waals surface area (Å²) in [7, 11) is 0. The van der Waals surface area contributed by atoms with E-state index in [9.17, 15) is 18.0 Å². The molecule has 0 unspecified atom stereocenters. The highest BCUT2D eigenvalue weighted by Gasteiger charge is 2.35. The Morgan fingerprint density at radius 1 is 1.16 bits per heavy atom. The zero-order valence-electron chi connectivity index (χ0n) is 23.2. The van der Waals surface area contributed by atoms with E-state index in [1.165, 1.54) is 69.0 Å². The van der Waals surface area contributed by atoms with Gasteiger partial charge in [0.05, 0.1) is 28.2 Å². The van der Waals surface area contributed by atoms with Crippen LogP contribution in [0.1, 0.15) is 125 Å². The molecule has 2 fully saturated rings. The van der Waals surface area contributed by atoms with Gasteiger partial charge in [0.25, 0.3) is 0 Å². The number of Topliss-reactive ketones (excluding diaryl/α,β-unsaturated/α-hetero) is 1. The van der Waals surface area contributed by atoms with Crippen LogP contribution in [0.5, 0.6) is 0 Å². The molecule has 1 aromatic heterocycles. The Kier molecular flexibility index (Phi) is 12.3. The fourth-order valence-corrected chi connectivity index (χ4v) is 4.68. The minimum Gasteiger partial charge on any atom is -0.396 e. The number of halogens is 3. The number of ketones is 1. The van der Waals surface area contributed by atoms with E-state index in [0.29, 0.717) is 29.5 Å². The Bertz CT molecular complexity index is 974.